The van der Waals surface area contributed by atoms with E-state index in [-0.39, 0.29) is 6.42 Å². The molecule has 1 aromatic carbocycles. The summed E-state index contributed by atoms with van der Waals surface area (Å²) >= 11 is 0. The number of ether oxygens (including phenoxy) is 2. The zero-order valence-electron chi connectivity index (χ0n) is 10.1. The van der Waals surface area contributed by atoms with E-state index in [0.717, 1.165) is 5.56 Å². The zero-order valence-corrected chi connectivity index (χ0v) is 10.1. The van der Waals surface area contributed by atoms with Gasteiger partial charge >= 0.3 is 11.9 Å². The van der Waals surface area contributed by atoms with Crippen molar-refractivity contribution in [1.29, 1.82) is 0 Å². The van der Waals surface area contributed by atoms with Crippen molar-refractivity contribution in [3.05, 3.63) is 29.3 Å². The minimum Gasteiger partial charge on any atom is -0.496 e. The summed E-state index contributed by atoms with van der Waals surface area (Å²) in [4.78, 5) is 23.0. The van der Waals surface area contributed by atoms with E-state index in [1.165, 1.54) is 0 Å². The largest absolute Gasteiger partial charge is 0.496 e. The van der Waals surface area contributed by atoms with Crippen molar-refractivity contribution < 1.29 is 19.1 Å². The summed E-state index contributed by atoms with van der Waals surface area (Å²) in [6.45, 7) is 3.63. The quantitative estimate of drug-likeness (QED) is 0.577. The van der Waals surface area contributed by atoms with E-state index in [1.807, 2.05) is 19.1 Å². The molecule has 90 valence electrons. The molecule has 0 aliphatic carbocycles. The fourth-order valence-electron chi connectivity index (χ4n) is 2.07. The van der Waals surface area contributed by atoms with Crippen molar-refractivity contribution >= 4 is 11.9 Å². The van der Waals surface area contributed by atoms with Crippen LogP contribution in [-0.2, 0) is 19.7 Å². The minimum atomic E-state index is -0.936. The van der Waals surface area contributed by atoms with Gasteiger partial charge in [0.05, 0.1) is 13.5 Å². The van der Waals surface area contributed by atoms with Crippen LogP contribution in [0.1, 0.15) is 24.5 Å². The van der Waals surface area contributed by atoms with Gasteiger partial charge in [-0.15, -0.1) is 0 Å². The van der Waals surface area contributed by atoms with Crippen LogP contribution in [0.5, 0.6) is 5.75 Å². The highest BCUT2D eigenvalue weighted by atomic mass is 16.6. The van der Waals surface area contributed by atoms with Crippen LogP contribution in [0.2, 0.25) is 0 Å². The third-order valence-corrected chi connectivity index (χ3v) is 3.10. The molecular formula is C13H14O4. The lowest BCUT2D eigenvalue weighted by molar-refractivity contribution is -0.153. The Labute approximate surface area is 99.5 Å². The second kappa shape index (κ2) is 3.87. The van der Waals surface area contributed by atoms with E-state index in [0.29, 0.717) is 11.3 Å². The van der Waals surface area contributed by atoms with Crippen LogP contribution in [0, 0.1) is 6.92 Å². The van der Waals surface area contributed by atoms with Gasteiger partial charge in [0.1, 0.15) is 11.2 Å². The first kappa shape index (κ1) is 11.6. The van der Waals surface area contributed by atoms with Gasteiger partial charge in [-0.05, 0) is 19.9 Å². The lowest BCUT2D eigenvalue weighted by Crippen LogP contribution is -2.28. The Morgan fingerprint density at radius 3 is 2.59 bits per heavy atom. The summed E-state index contributed by atoms with van der Waals surface area (Å²) in [5, 5.41) is 0. The Hall–Kier alpha value is -1.84. The molecular weight excluding hydrogens is 220 g/mol. The second-order valence-corrected chi connectivity index (χ2v) is 4.47. The number of hydrogen-bond donors (Lipinski definition) is 0. The van der Waals surface area contributed by atoms with Crippen LogP contribution in [0.25, 0.3) is 0 Å². The lowest BCUT2D eigenvalue weighted by atomic mass is 9.80. The van der Waals surface area contributed by atoms with Gasteiger partial charge in [0.15, 0.2) is 0 Å². The minimum absolute atomic E-state index is 0.0612. The summed E-state index contributed by atoms with van der Waals surface area (Å²) in [5.41, 5.74) is 0.777. The summed E-state index contributed by atoms with van der Waals surface area (Å²) in [6.07, 6.45) is 0.0612. The fraction of sp³-hybridized carbons (Fsp3) is 0.385. The number of aryl methyl sites for hydroxylation is 1. The maximum atomic E-state index is 11.8. The Morgan fingerprint density at radius 1 is 1.35 bits per heavy atom. The summed E-state index contributed by atoms with van der Waals surface area (Å²) < 4.78 is 9.88. The van der Waals surface area contributed by atoms with Crippen LogP contribution >= 0.6 is 0 Å². The first-order valence-corrected chi connectivity index (χ1v) is 5.37. The SMILES string of the molecule is COc1ccc(C)cc1C1(C)CC(=O)OC1=O. The van der Waals surface area contributed by atoms with Gasteiger partial charge in [0.25, 0.3) is 0 Å². The molecule has 0 amide bonds. The molecule has 1 aromatic rings. The molecule has 0 N–H and O–H groups in total. The predicted octanol–water partition coefficient (Wildman–Crippen LogP) is 1.73. The van der Waals surface area contributed by atoms with E-state index < -0.39 is 17.4 Å². The number of cyclic esters (lactones) is 2. The molecule has 1 saturated heterocycles. The molecule has 0 bridgehead atoms. The molecule has 1 aliphatic heterocycles. The predicted molar refractivity (Wildman–Crippen MR) is 60.8 cm³/mol. The van der Waals surface area contributed by atoms with Gasteiger partial charge in [-0.2, -0.15) is 0 Å². The number of benzene rings is 1. The summed E-state index contributed by atoms with van der Waals surface area (Å²) in [7, 11) is 1.54. The lowest BCUT2D eigenvalue weighted by Gasteiger charge is -2.21. The van der Waals surface area contributed by atoms with Crippen molar-refractivity contribution in [1.82, 2.24) is 0 Å². The van der Waals surface area contributed by atoms with E-state index in [9.17, 15) is 9.59 Å². The first-order chi connectivity index (χ1) is 7.97. The number of carbonyl (C=O) groups excluding carboxylic acids is 2. The molecule has 0 spiro atoms. The highest BCUT2D eigenvalue weighted by Crippen LogP contribution is 2.39. The topological polar surface area (TPSA) is 52.6 Å². The molecule has 0 aromatic heterocycles. The van der Waals surface area contributed by atoms with E-state index >= 15 is 0 Å². The highest BCUT2D eigenvalue weighted by molar-refractivity contribution is 6.01. The fourth-order valence-corrected chi connectivity index (χ4v) is 2.07. The van der Waals surface area contributed by atoms with Crippen LogP contribution in [-0.4, -0.2) is 19.0 Å². The number of rotatable bonds is 2. The Balaban J connectivity index is 2.56. The maximum Gasteiger partial charge on any atom is 0.324 e. The zero-order chi connectivity index (χ0) is 12.6. The van der Waals surface area contributed by atoms with Crippen LogP contribution in [0.4, 0.5) is 0 Å². The highest BCUT2D eigenvalue weighted by Gasteiger charge is 2.48. The van der Waals surface area contributed by atoms with Crippen molar-refractivity contribution in [3.8, 4) is 5.75 Å². The van der Waals surface area contributed by atoms with Gasteiger partial charge in [-0.25, -0.2) is 0 Å². The first-order valence-electron chi connectivity index (χ1n) is 5.37. The number of methoxy groups -OCH3 is 1. The molecule has 2 rings (SSSR count). The molecule has 0 saturated carbocycles. The molecule has 1 atom stereocenters. The standard InChI is InChI=1S/C13H14O4/c1-8-4-5-10(16-3)9(6-8)13(2)7-11(14)17-12(13)15/h4-6H,7H2,1-3H3. The number of esters is 2. The molecule has 1 heterocycles. The smallest absolute Gasteiger partial charge is 0.324 e. The van der Waals surface area contributed by atoms with Gasteiger partial charge < -0.3 is 9.47 Å². The van der Waals surface area contributed by atoms with E-state index in [2.05, 4.69) is 4.74 Å². The van der Waals surface area contributed by atoms with Gasteiger partial charge in [-0.1, -0.05) is 17.7 Å². The normalized spacial score (nSPS) is 23.7. The molecule has 1 fully saturated rings. The molecule has 1 unspecified atom stereocenters. The Bertz CT molecular complexity index is 492. The molecule has 0 radical (unpaired) electrons. The van der Waals surface area contributed by atoms with E-state index in [1.54, 1.807) is 20.1 Å². The van der Waals surface area contributed by atoms with Gasteiger partial charge in [0, 0.05) is 5.56 Å². The number of hydrogen-bond acceptors (Lipinski definition) is 4. The van der Waals surface area contributed by atoms with Crippen LogP contribution < -0.4 is 4.74 Å². The second-order valence-electron chi connectivity index (χ2n) is 4.47. The summed E-state index contributed by atoms with van der Waals surface area (Å²) in [5.74, 6) is -0.391. The van der Waals surface area contributed by atoms with Gasteiger partial charge in [0.2, 0.25) is 0 Å². The molecule has 4 nitrogen and oxygen atoms in total. The number of carbonyl (C=O) groups is 2. The van der Waals surface area contributed by atoms with Crippen molar-refractivity contribution in [2.75, 3.05) is 7.11 Å². The third kappa shape index (κ3) is 1.79. The van der Waals surface area contributed by atoms with Gasteiger partial charge in [-0.3, -0.25) is 9.59 Å². The average molecular weight is 234 g/mol. The third-order valence-electron chi connectivity index (χ3n) is 3.10. The van der Waals surface area contributed by atoms with Crippen molar-refractivity contribution in [2.24, 2.45) is 0 Å². The van der Waals surface area contributed by atoms with Crippen LogP contribution in [0.3, 0.4) is 0 Å². The Kier molecular flexibility index (Phi) is 2.65. The molecule has 4 heteroatoms. The maximum absolute atomic E-state index is 11.8. The van der Waals surface area contributed by atoms with Crippen molar-refractivity contribution in [3.63, 3.8) is 0 Å². The molecule has 17 heavy (non-hydrogen) atoms. The van der Waals surface area contributed by atoms with Crippen LogP contribution in [0.15, 0.2) is 18.2 Å². The monoisotopic (exact) mass is 234 g/mol. The molecule has 1 aliphatic rings. The Morgan fingerprint density at radius 2 is 2.06 bits per heavy atom. The average Bonchev–Trinajstić information content (AvgIpc) is 2.53. The van der Waals surface area contributed by atoms with E-state index in [4.69, 9.17) is 4.74 Å². The summed E-state index contributed by atoms with van der Waals surface area (Å²) in [6, 6.07) is 5.55. The van der Waals surface area contributed by atoms with Crippen molar-refractivity contribution in [2.45, 2.75) is 25.7 Å².